The van der Waals surface area contributed by atoms with E-state index in [0.29, 0.717) is 0 Å². The number of aryl methyl sites for hydroxylation is 2. The highest BCUT2D eigenvalue weighted by molar-refractivity contribution is 4.79. The third-order valence-electron chi connectivity index (χ3n) is 8.01. The van der Waals surface area contributed by atoms with Gasteiger partial charge in [0.2, 0.25) is 0 Å². The fourth-order valence-corrected chi connectivity index (χ4v) is 5.44. The summed E-state index contributed by atoms with van der Waals surface area (Å²) >= 11 is 0. The molecular weight excluding hydrogens is 424 g/mol. The zero-order valence-electron chi connectivity index (χ0n) is 24.6. The van der Waals surface area contributed by atoms with Crippen molar-refractivity contribution in [3.8, 4) is 0 Å². The number of aromatic nitrogens is 2. The van der Waals surface area contributed by atoms with Crippen LogP contribution in [0.5, 0.6) is 0 Å². The predicted molar refractivity (Wildman–Crippen MR) is 156 cm³/mol. The Bertz CT molecular complexity index is 547. The van der Waals surface area contributed by atoms with Crippen LogP contribution in [-0.4, -0.2) is 4.57 Å². The summed E-state index contributed by atoms with van der Waals surface area (Å²) in [6, 6.07) is 0. The van der Waals surface area contributed by atoms with E-state index in [2.05, 4.69) is 42.3 Å². The monoisotopic (exact) mass is 490 g/mol. The van der Waals surface area contributed by atoms with E-state index in [1.807, 2.05) is 0 Å². The molecule has 0 aromatic carbocycles. The van der Waals surface area contributed by atoms with Crippen molar-refractivity contribution in [1.29, 1.82) is 0 Å². The van der Waals surface area contributed by atoms with Crippen molar-refractivity contribution in [3.63, 3.8) is 0 Å². The first-order valence-electron chi connectivity index (χ1n) is 16.3. The first-order chi connectivity index (χ1) is 17.3. The molecule has 2 nitrogen and oxygen atoms in total. The molecule has 0 aliphatic carbocycles. The van der Waals surface area contributed by atoms with Gasteiger partial charge in [0, 0.05) is 6.92 Å². The standard InChI is InChI=1S/C33H65N2/c1-4-6-8-10-12-14-15-16-17-18-19-20-22-24-26-28-30-35-32-31-34(33(35)3)29-27-25-23-21-13-11-9-7-5-2/h31-32H,4-30H2,1-3H3/q+1. The maximum atomic E-state index is 2.48. The van der Waals surface area contributed by atoms with Crippen LogP contribution >= 0.6 is 0 Å². The Labute approximate surface area is 221 Å². The van der Waals surface area contributed by atoms with Crippen LogP contribution < -0.4 is 4.57 Å². The average molecular weight is 490 g/mol. The Hall–Kier alpha value is -0.790. The van der Waals surface area contributed by atoms with Crippen molar-refractivity contribution in [2.45, 2.75) is 194 Å². The topological polar surface area (TPSA) is 8.81 Å². The van der Waals surface area contributed by atoms with E-state index in [4.69, 9.17) is 0 Å². The number of hydrogen-bond donors (Lipinski definition) is 0. The van der Waals surface area contributed by atoms with Crippen molar-refractivity contribution in [2.24, 2.45) is 0 Å². The molecule has 0 aliphatic rings. The molecule has 0 fully saturated rings. The molecule has 0 spiro atoms. The van der Waals surface area contributed by atoms with Gasteiger partial charge in [-0.2, -0.15) is 0 Å². The van der Waals surface area contributed by atoms with Crippen LogP contribution in [0.3, 0.4) is 0 Å². The molecule has 0 unspecified atom stereocenters. The lowest BCUT2D eigenvalue weighted by atomic mass is 10.0. The van der Waals surface area contributed by atoms with Crippen LogP contribution in [-0.2, 0) is 13.1 Å². The predicted octanol–water partition coefficient (Wildman–Crippen LogP) is 10.9. The summed E-state index contributed by atoms with van der Waals surface area (Å²) in [4.78, 5) is 0. The first kappa shape index (κ1) is 32.2. The van der Waals surface area contributed by atoms with Gasteiger partial charge in [0.25, 0.3) is 5.82 Å². The van der Waals surface area contributed by atoms with Crippen molar-refractivity contribution in [1.82, 2.24) is 4.57 Å². The number of hydrogen-bond acceptors (Lipinski definition) is 0. The van der Waals surface area contributed by atoms with Crippen LogP contribution in [0.1, 0.15) is 180 Å². The summed E-state index contributed by atoms with van der Waals surface area (Å²) in [6.45, 7) is 9.31. The summed E-state index contributed by atoms with van der Waals surface area (Å²) in [5, 5.41) is 0. The fraction of sp³-hybridized carbons (Fsp3) is 0.909. The van der Waals surface area contributed by atoms with E-state index in [-0.39, 0.29) is 0 Å². The SMILES string of the molecule is CCCCCCCCCCCCCCCCCC[n+]1ccn(CCCCCCCCCCC)c1C. The van der Waals surface area contributed by atoms with Gasteiger partial charge in [0.15, 0.2) is 0 Å². The number of nitrogens with zero attached hydrogens (tertiary/aromatic N) is 2. The summed E-state index contributed by atoms with van der Waals surface area (Å²) in [7, 11) is 0. The molecule has 0 amide bonds. The third kappa shape index (κ3) is 19.0. The zero-order valence-corrected chi connectivity index (χ0v) is 24.6. The van der Waals surface area contributed by atoms with Gasteiger partial charge in [-0.15, -0.1) is 0 Å². The molecule has 1 aromatic heterocycles. The quantitative estimate of drug-likeness (QED) is 0.0858. The lowest BCUT2D eigenvalue weighted by molar-refractivity contribution is -0.702. The summed E-state index contributed by atoms with van der Waals surface area (Å²) in [5.41, 5.74) is 0. The molecule has 0 N–H and O–H groups in total. The second-order valence-corrected chi connectivity index (χ2v) is 11.4. The Morgan fingerprint density at radius 2 is 0.829 bits per heavy atom. The van der Waals surface area contributed by atoms with Gasteiger partial charge in [0.1, 0.15) is 12.4 Å². The summed E-state index contributed by atoms with van der Waals surface area (Å²) in [5.74, 6) is 1.45. The summed E-state index contributed by atoms with van der Waals surface area (Å²) in [6.07, 6.45) is 40.4. The van der Waals surface area contributed by atoms with E-state index in [1.165, 1.54) is 179 Å². The van der Waals surface area contributed by atoms with Gasteiger partial charge < -0.3 is 0 Å². The van der Waals surface area contributed by atoms with Crippen molar-refractivity contribution < 1.29 is 4.57 Å². The van der Waals surface area contributed by atoms with E-state index in [9.17, 15) is 0 Å². The Morgan fingerprint density at radius 3 is 1.23 bits per heavy atom. The lowest BCUT2D eigenvalue weighted by Crippen LogP contribution is -2.35. The molecule has 0 atom stereocenters. The maximum Gasteiger partial charge on any atom is 0.253 e. The van der Waals surface area contributed by atoms with Gasteiger partial charge >= 0.3 is 0 Å². The molecule has 35 heavy (non-hydrogen) atoms. The molecule has 0 bridgehead atoms. The van der Waals surface area contributed by atoms with Crippen LogP contribution in [0.2, 0.25) is 0 Å². The Kier molecular flexibility index (Phi) is 22.9. The van der Waals surface area contributed by atoms with Crippen molar-refractivity contribution in [3.05, 3.63) is 18.2 Å². The third-order valence-corrected chi connectivity index (χ3v) is 8.01. The fourth-order valence-electron chi connectivity index (χ4n) is 5.44. The second kappa shape index (κ2) is 24.9. The minimum Gasteiger partial charge on any atom is -0.234 e. The maximum absolute atomic E-state index is 2.48. The molecule has 0 saturated carbocycles. The molecule has 0 saturated heterocycles. The molecule has 206 valence electrons. The zero-order chi connectivity index (χ0) is 25.2. The van der Waals surface area contributed by atoms with E-state index >= 15 is 0 Å². The van der Waals surface area contributed by atoms with Crippen LogP contribution in [0, 0.1) is 6.92 Å². The molecule has 0 radical (unpaired) electrons. The lowest BCUT2D eigenvalue weighted by Gasteiger charge is -2.04. The van der Waals surface area contributed by atoms with Gasteiger partial charge in [-0.05, 0) is 25.7 Å². The van der Waals surface area contributed by atoms with Crippen LogP contribution in [0.15, 0.2) is 12.4 Å². The first-order valence-corrected chi connectivity index (χ1v) is 16.3. The number of unbranched alkanes of at least 4 members (excludes halogenated alkanes) is 23. The van der Waals surface area contributed by atoms with Crippen LogP contribution in [0.4, 0.5) is 0 Å². The van der Waals surface area contributed by atoms with E-state index < -0.39 is 0 Å². The molecule has 1 aromatic rings. The minimum absolute atomic E-state index is 1.20. The highest BCUT2D eigenvalue weighted by Gasteiger charge is 2.11. The second-order valence-electron chi connectivity index (χ2n) is 11.4. The van der Waals surface area contributed by atoms with E-state index in [1.54, 1.807) is 0 Å². The normalized spacial score (nSPS) is 11.5. The molecule has 0 aliphatic heterocycles. The minimum atomic E-state index is 1.20. The smallest absolute Gasteiger partial charge is 0.234 e. The van der Waals surface area contributed by atoms with Crippen molar-refractivity contribution in [2.75, 3.05) is 0 Å². The highest BCUT2D eigenvalue weighted by Crippen LogP contribution is 2.14. The molecule has 1 heterocycles. The highest BCUT2D eigenvalue weighted by atomic mass is 15.1. The number of rotatable bonds is 27. The largest absolute Gasteiger partial charge is 0.253 e. The van der Waals surface area contributed by atoms with Gasteiger partial charge in [0.05, 0.1) is 13.1 Å². The van der Waals surface area contributed by atoms with E-state index in [0.717, 1.165) is 0 Å². The van der Waals surface area contributed by atoms with Gasteiger partial charge in [-0.1, -0.05) is 149 Å². The van der Waals surface area contributed by atoms with Crippen molar-refractivity contribution >= 4 is 0 Å². The molecule has 2 heteroatoms. The molecule has 1 rings (SSSR count). The van der Waals surface area contributed by atoms with Crippen LogP contribution in [0.25, 0.3) is 0 Å². The van der Waals surface area contributed by atoms with Gasteiger partial charge in [-0.25, -0.2) is 9.13 Å². The molecular formula is C33H65N2+. The Balaban J connectivity index is 1.89. The number of imidazole rings is 1. The summed E-state index contributed by atoms with van der Waals surface area (Å²) < 4.78 is 4.96. The average Bonchev–Trinajstić information content (AvgIpc) is 3.21. The van der Waals surface area contributed by atoms with Gasteiger partial charge in [-0.3, -0.25) is 0 Å². The Morgan fingerprint density at radius 1 is 0.486 bits per heavy atom.